The van der Waals surface area contributed by atoms with Gasteiger partial charge in [-0.2, -0.15) is 11.8 Å². The smallest absolute Gasteiger partial charge is 0.00257 e. The average Bonchev–Trinajstić information content (AvgIpc) is 2.06. The topological polar surface area (TPSA) is 26.0 Å². The van der Waals surface area contributed by atoms with Gasteiger partial charge in [0.2, 0.25) is 0 Å². The Morgan fingerprint density at radius 2 is 2.25 bits per heavy atom. The highest BCUT2D eigenvalue weighted by atomic mass is 32.2. The third-order valence-electron chi connectivity index (χ3n) is 2.65. The second kappa shape index (κ2) is 4.52. The predicted octanol–water partition coefficient (Wildman–Crippen LogP) is 2.50. The number of nitrogens with two attached hydrogens (primary N) is 1. The van der Waals surface area contributed by atoms with Crippen LogP contribution in [0.2, 0.25) is 0 Å². The molecule has 0 aromatic rings. The van der Waals surface area contributed by atoms with Crippen molar-refractivity contribution >= 4 is 11.8 Å². The number of rotatable bonds is 3. The van der Waals surface area contributed by atoms with E-state index in [4.69, 9.17) is 5.73 Å². The Morgan fingerprint density at radius 1 is 1.50 bits per heavy atom. The summed E-state index contributed by atoms with van der Waals surface area (Å²) in [6, 6.07) is 0. The molecule has 1 rings (SSSR count). The predicted molar refractivity (Wildman–Crippen MR) is 57.5 cm³/mol. The fraction of sp³-hybridized carbons (Fsp3) is 1.00. The van der Waals surface area contributed by atoms with Crippen LogP contribution in [-0.4, -0.2) is 18.1 Å². The molecule has 2 N–H and O–H groups in total. The molecule has 1 unspecified atom stereocenters. The van der Waals surface area contributed by atoms with Gasteiger partial charge in [0.1, 0.15) is 0 Å². The molecule has 1 fully saturated rings. The molecular weight excluding hydrogens is 166 g/mol. The van der Waals surface area contributed by atoms with E-state index >= 15 is 0 Å². The molecule has 0 aromatic heterocycles. The number of thioether (sulfide) groups is 1. The largest absolute Gasteiger partial charge is 0.330 e. The molecule has 0 bridgehead atoms. The van der Waals surface area contributed by atoms with Crippen LogP contribution in [0, 0.1) is 11.3 Å². The van der Waals surface area contributed by atoms with Gasteiger partial charge < -0.3 is 5.73 Å². The van der Waals surface area contributed by atoms with Crippen molar-refractivity contribution in [3.05, 3.63) is 0 Å². The summed E-state index contributed by atoms with van der Waals surface area (Å²) >= 11 is 2.11. The van der Waals surface area contributed by atoms with Gasteiger partial charge >= 0.3 is 0 Å². The molecule has 0 radical (unpaired) electrons. The molecule has 0 saturated carbocycles. The lowest BCUT2D eigenvalue weighted by Gasteiger charge is -2.30. The van der Waals surface area contributed by atoms with Crippen LogP contribution in [0.1, 0.15) is 33.1 Å². The van der Waals surface area contributed by atoms with Crippen LogP contribution < -0.4 is 5.73 Å². The van der Waals surface area contributed by atoms with Crippen LogP contribution in [0.4, 0.5) is 0 Å². The van der Waals surface area contributed by atoms with E-state index in [0.29, 0.717) is 5.41 Å². The summed E-state index contributed by atoms with van der Waals surface area (Å²) in [5, 5.41) is 0. The van der Waals surface area contributed by atoms with Crippen molar-refractivity contribution in [2.24, 2.45) is 17.1 Å². The summed E-state index contributed by atoms with van der Waals surface area (Å²) in [6.45, 7) is 5.40. The molecule has 1 aliphatic heterocycles. The minimum absolute atomic E-state index is 0.364. The molecule has 1 heterocycles. The van der Waals surface area contributed by atoms with Crippen molar-refractivity contribution in [2.45, 2.75) is 33.1 Å². The standard InChI is InChI=1S/C10H21NS/c1-10(2,8-11)6-9-4-3-5-12-7-9/h9H,3-8,11H2,1-2H3. The van der Waals surface area contributed by atoms with Crippen molar-refractivity contribution in [2.75, 3.05) is 18.1 Å². The van der Waals surface area contributed by atoms with E-state index in [2.05, 4.69) is 25.6 Å². The molecule has 1 atom stereocenters. The summed E-state index contributed by atoms with van der Waals surface area (Å²) in [4.78, 5) is 0. The maximum Gasteiger partial charge on any atom is -0.00257 e. The van der Waals surface area contributed by atoms with E-state index in [9.17, 15) is 0 Å². The van der Waals surface area contributed by atoms with E-state index in [0.717, 1.165) is 12.5 Å². The lowest BCUT2D eigenvalue weighted by atomic mass is 9.82. The molecule has 1 nitrogen and oxygen atoms in total. The highest BCUT2D eigenvalue weighted by Gasteiger charge is 2.23. The molecular formula is C10H21NS. The van der Waals surface area contributed by atoms with E-state index in [1.165, 1.54) is 30.8 Å². The zero-order valence-corrected chi connectivity index (χ0v) is 9.12. The van der Waals surface area contributed by atoms with Crippen molar-refractivity contribution < 1.29 is 0 Å². The zero-order valence-electron chi connectivity index (χ0n) is 8.31. The molecule has 72 valence electrons. The summed E-state index contributed by atoms with van der Waals surface area (Å²) in [5.41, 5.74) is 6.08. The van der Waals surface area contributed by atoms with Crippen LogP contribution in [0.3, 0.4) is 0 Å². The molecule has 0 aliphatic carbocycles. The first kappa shape index (κ1) is 10.4. The quantitative estimate of drug-likeness (QED) is 0.734. The van der Waals surface area contributed by atoms with E-state index in [1.54, 1.807) is 0 Å². The minimum Gasteiger partial charge on any atom is -0.330 e. The third kappa shape index (κ3) is 3.36. The molecule has 1 aliphatic rings. The first-order valence-electron chi connectivity index (χ1n) is 4.92. The first-order chi connectivity index (χ1) is 5.64. The van der Waals surface area contributed by atoms with Crippen molar-refractivity contribution in [3.8, 4) is 0 Å². The maximum atomic E-state index is 5.72. The van der Waals surface area contributed by atoms with Crippen LogP contribution in [0.15, 0.2) is 0 Å². The van der Waals surface area contributed by atoms with Gasteiger partial charge in [-0.05, 0) is 48.6 Å². The molecule has 12 heavy (non-hydrogen) atoms. The monoisotopic (exact) mass is 187 g/mol. The Hall–Kier alpha value is 0.310. The highest BCUT2D eigenvalue weighted by molar-refractivity contribution is 7.99. The Bertz CT molecular complexity index is 128. The van der Waals surface area contributed by atoms with Crippen LogP contribution >= 0.6 is 11.8 Å². The van der Waals surface area contributed by atoms with Crippen LogP contribution in [-0.2, 0) is 0 Å². The Labute approximate surface area is 80.5 Å². The minimum atomic E-state index is 0.364. The summed E-state index contributed by atoms with van der Waals surface area (Å²) in [5.74, 6) is 3.67. The van der Waals surface area contributed by atoms with Gasteiger partial charge in [0.05, 0.1) is 0 Å². The SMILES string of the molecule is CC(C)(CN)CC1CCCSC1. The molecule has 0 aromatic carbocycles. The van der Waals surface area contributed by atoms with Gasteiger partial charge in [-0.25, -0.2) is 0 Å². The van der Waals surface area contributed by atoms with E-state index in [-0.39, 0.29) is 0 Å². The van der Waals surface area contributed by atoms with E-state index < -0.39 is 0 Å². The third-order valence-corrected chi connectivity index (χ3v) is 3.93. The van der Waals surface area contributed by atoms with Crippen molar-refractivity contribution in [1.29, 1.82) is 0 Å². The van der Waals surface area contributed by atoms with Gasteiger partial charge in [0.15, 0.2) is 0 Å². The van der Waals surface area contributed by atoms with Crippen LogP contribution in [0.5, 0.6) is 0 Å². The number of hydrogen-bond acceptors (Lipinski definition) is 2. The molecule has 0 amide bonds. The summed E-state index contributed by atoms with van der Waals surface area (Å²) in [7, 11) is 0. The van der Waals surface area contributed by atoms with Gasteiger partial charge in [-0.1, -0.05) is 13.8 Å². The van der Waals surface area contributed by atoms with E-state index in [1.807, 2.05) is 0 Å². The van der Waals surface area contributed by atoms with Gasteiger partial charge in [-0.15, -0.1) is 0 Å². The zero-order chi connectivity index (χ0) is 9.03. The normalized spacial score (nSPS) is 25.8. The Morgan fingerprint density at radius 3 is 2.75 bits per heavy atom. The van der Waals surface area contributed by atoms with Gasteiger partial charge in [0, 0.05) is 0 Å². The molecule has 0 spiro atoms. The Kier molecular flexibility index (Phi) is 3.91. The lowest BCUT2D eigenvalue weighted by molar-refractivity contribution is 0.277. The Balaban J connectivity index is 2.28. The second-order valence-corrected chi connectivity index (χ2v) is 5.81. The van der Waals surface area contributed by atoms with Crippen molar-refractivity contribution in [3.63, 3.8) is 0 Å². The average molecular weight is 187 g/mol. The first-order valence-corrected chi connectivity index (χ1v) is 6.07. The molecule has 2 heteroatoms. The summed E-state index contributed by atoms with van der Waals surface area (Å²) < 4.78 is 0. The second-order valence-electron chi connectivity index (χ2n) is 4.66. The fourth-order valence-corrected chi connectivity index (χ4v) is 2.99. The van der Waals surface area contributed by atoms with Crippen LogP contribution in [0.25, 0.3) is 0 Å². The lowest BCUT2D eigenvalue weighted by Crippen LogP contribution is -2.28. The maximum absolute atomic E-state index is 5.72. The van der Waals surface area contributed by atoms with Gasteiger partial charge in [-0.3, -0.25) is 0 Å². The molecule has 1 saturated heterocycles. The highest BCUT2D eigenvalue weighted by Crippen LogP contribution is 2.32. The summed E-state index contributed by atoms with van der Waals surface area (Å²) in [6.07, 6.45) is 4.16. The number of hydrogen-bond donors (Lipinski definition) is 1. The van der Waals surface area contributed by atoms with Crippen molar-refractivity contribution in [1.82, 2.24) is 0 Å². The van der Waals surface area contributed by atoms with Gasteiger partial charge in [0.25, 0.3) is 0 Å². The fourth-order valence-electron chi connectivity index (χ4n) is 1.83.